The molecule has 120 valence electrons. The Morgan fingerprint density at radius 1 is 1.50 bits per heavy atom. The van der Waals surface area contributed by atoms with Gasteiger partial charge in [0.25, 0.3) is 0 Å². The van der Waals surface area contributed by atoms with Crippen molar-refractivity contribution in [1.29, 1.82) is 0 Å². The number of amides is 1. The van der Waals surface area contributed by atoms with E-state index < -0.39 is 0 Å². The van der Waals surface area contributed by atoms with Crippen LogP contribution in [0.25, 0.3) is 0 Å². The van der Waals surface area contributed by atoms with Crippen molar-refractivity contribution in [2.75, 3.05) is 18.9 Å². The van der Waals surface area contributed by atoms with Crippen LogP contribution in [-0.4, -0.2) is 39.5 Å². The molecule has 1 aromatic heterocycles. The quantitative estimate of drug-likeness (QED) is 0.414. The number of aromatic nitrogens is 2. The number of fused-ring (bicyclic) bond motifs is 1. The van der Waals surface area contributed by atoms with Gasteiger partial charge in [0.15, 0.2) is 0 Å². The second-order valence-electron chi connectivity index (χ2n) is 5.09. The molecule has 1 aliphatic rings. The van der Waals surface area contributed by atoms with Crippen LogP contribution in [0.3, 0.4) is 0 Å². The number of aliphatic hydroxyl groups excluding tert-OH is 1. The Hall–Kier alpha value is -1.60. The molecule has 0 spiro atoms. The summed E-state index contributed by atoms with van der Waals surface area (Å²) < 4.78 is 1.67. The van der Waals surface area contributed by atoms with Crippen molar-refractivity contribution in [2.45, 2.75) is 37.3 Å². The molecule has 22 heavy (non-hydrogen) atoms. The van der Waals surface area contributed by atoms with E-state index in [-0.39, 0.29) is 24.0 Å². The summed E-state index contributed by atoms with van der Waals surface area (Å²) in [5, 5.41) is 12.3. The van der Waals surface area contributed by atoms with Crippen molar-refractivity contribution in [2.24, 2.45) is 0 Å². The van der Waals surface area contributed by atoms with Crippen LogP contribution in [0.1, 0.15) is 24.1 Å². The van der Waals surface area contributed by atoms with E-state index in [1.54, 1.807) is 10.6 Å². The van der Waals surface area contributed by atoms with Crippen LogP contribution < -0.4 is 11.0 Å². The third-order valence-electron chi connectivity index (χ3n) is 3.52. The summed E-state index contributed by atoms with van der Waals surface area (Å²) in [6, 6.07) is 0. The third kappa shape index (κ3) is 3.98. The van der Waals surface area contributed by atoms with Gasteiger partial charge in [0.1, 0.15) is 5.03 Å². The van der Waals surface area contributed by atoms with E-state index in [0.717, 1.165) is 30.5 Å². The molecule has 1 aliphatic carbocycles. The first-order chi connectivity index (χ1) is 10.7. The molecule has 0 aromatic carbocycles. The van der Waals surface area contributed by atoms with Crippen LogP contribution in [0, 0.1) is 0 Å². The van der Waals surface area contributed by atoms with E-state index in [1.807, 2.05) is 0 Å². The van der Waals surface area contributed by atoms with Crippen LogP contribution in [0.15, 0.2) is 22.5 Å². The van der Waals surface area contributed by atoms with Crippen LogP contribution >= 0.6 is 11.8 Å². The van der Waals surface area contributed by atoms with Crippen LogP contribution in [0.2, 0.25) is 0 Å². The van der Waals surface area contributed by atoms with Crippen molar-refractivity contribution in [3.05, 3.63) is 34.4 Å². The first-order valence-corrected chi connectivity index (χ1v) is 8.39. The SMILES string of the molecule is C=CCNC(=O)CSc1nc(=O)n(CCCO)c2c1CCC2. The lowest BCUT2D eigenvalue weighted by Crippen LogP contribution is -2.28. The fourth-order valence-electron chi connectivity index (χ4n) is 2.54. The zero-order valence-electron chi connectivity index (χ0n) is 12.5. The molecule has 0 saturated heterocycles. The van der Waals surface area contributed by atoms with E-state index in [1.165, 1.54) is 11.8 Å². The Balaban J connectivity index is 2.14. The molecule has 7 heteroatoms. The topological polar surface area (TPSA) is 84.2 Å². The molecule has 1 aromatic rings. The number of carbonyl (C=O) groups is 1. The maximum atomic E-state index is 12.2. The standard InChI is InChI=1S/C15H21N3O3S/c1-2-7-16-13(20)10-22-14-11-5-3-6-12(11)18(8-4-9-19)15(21)17-14/h2,19H,1,3-10H2,(H,16,20). The molecule has 1 amide bonds. The minimum atomic E-state index is -0.289. The molecular weight excluding hydrogens is 302 g/mol. The lowest BCUT2D eigenvalue weighted by Gasteiger charge is -2.13. The van der Waals surface area contributed by atoms with Gasteiger partial charge in [0, 0.05) is 31.0 Å². The van der Waals surface area contributed by atoms with Gasteiger partial charge >= 0.3 is 5.69 Å². The maximum Gasteiger partial charge on any atom is 0.348 e. The van der Waals surface area contributed by atoms with Gasteiger partial charge in [-0.15, -0.1) is 6.58 Å². The summed E-state index contributed by atoms with van der Waals surface area (Å²) in [4.78, 5) is 28.0. The van der Waals surface area contributed by atoms with Gasteiger partial charge in [-0.3, -0.25) is 9.36 Å². The molecule has 0 fully saturated rings. The fraction of sp³-hybridized carbons (Fsp3) is 0.533. The van der Waals surface area contributed by atoms with Gasteiger partial charge in [-0.2, -0.15) is 4.98 Å². The summed E-state index contributed by atoms with van der Waals surface area (Å²) in [5.74, 6) is 0.149. The number of rotatable bonds is 8. The van der Waals surface area contributed by atoms with E-state index >= 15 is 0 Å². The Morgan fingerprint density at radius 2 is 2.32 bits per heavy atom. The van der Waals surface area contributed by atoms with Crippen molar-refractivity contribution in [3.63, 3.8) is 0 Å². The summed E-state index contributed by atoms with van der Waals surface area (Å²) in [7, 11) is 0. The molecule has 2 N–H and O–H groups in total. The molecule has 0 aliphatic heterocycles. The molecule has 1 heterocycles. The van der Waals surface area contributed by atoms with Gasteiger partial charge in [0.05, 0.1) is 5.75 Å². The Bertz CT molecular complexity index is 613. The van der Waals surface area contributed by atoms with E-state index in [2.05, 4.69) is 16.9 Å². The lowest BCUT2D eigenvalue weighted by molar-refractivity contribution is -0.118. The molecule has 2 rings (SSSR count). The molecule has 0 bridgehead atoms. The van der Waals surface area contributed by atoms with E-state index in [4.69, 9.17) is 5.11 Å². The molecule has 0 radical (unpaired) electrons. The van der Waals surface area contributed by atoms with Gasteiger partial charge < -0.3 is 10.4 Å². The van der Waals surface area contributed by atoms with Crippen LogP contribution in [0.4, 0.5) is 0 Å². The van der Waals surface area contributed by atoms with Gasteiger partial charge in [-0.25, -0.2) is 4.79 Å². The maximum absolute atomic E-state index is 12.2. The average Bonchev–Trinajstić information content (AvgIpc) is 2.99. The van der Waals surface area contributed by atoms with Crippen molar-refractivity contribution >= 4 is 17.7 Å². The monoisotopic (exact) mass is 323 g/mol. The zero-order valence-corrected chi connectivity index (χ0v) is 13.3. The second kappa shape index (κ2) is 8.14. The summed E-state index contributed by atoms with van der Waals surface area (Å²) >= 11 is 1.31. The third-order valence-corrected chi connectivity index (χ3v) is 4.54. The van der Waals surface area contributed by atoms with E-state index in [0.29, 0.717) is 24.5 Å². The largest absolute Gasteiger partial charge is 0.396 e. The Kier molecular flexibility index (Phi) is 6.21. The second-order valence-corrected chi connectivity index (χ2v) is 6.05. The minimum absolute atomic E-state index is 0.0567. The zero-order chi connectivity index (χ0) is 15.9. The van der Waals surface area contributed by atoms with Crippen molar-refractivity contribution in [3.8, 4) is 0 Å². The summed E-state index contributed by atoms with van der Waals surface area (Å²) in [6.07, 6.45) is 4.91. The fourth-order valence-corrected chi connectivity index (χ4v) is 3.44. The van der Waals surface area contributed by atoms with E-state index in [9.17, 15) is 9.59 Å². The smallest absolute Gasteiger partial charge is 0.348 e. The van der Waals surface area contributed by atoms with Gasteiger partial charge in [-0.05, 0) is 25.7 Å². The average molecular weight is 323 g/mol. The highest BCUT2D eigenvalue weighted by atomic mass is 32.2. The highest BCUT2D eigenvalue weighted by Gasteiger charge is 2.22. The minimum Gasteiger partial charge on any atom is -0.396 e. The van der Waals surface area contributed by atoms with Crippen molar-refractivity contribution in [1.82, 2.24) is 14.9 Å². The molecular formula is C15H21N3O3S. The summed E-state index contributed by atoms with van der Waals surface area (Å²) in [5.41, 5.74) is 1.81. The first-order valence-electron chi connectivity index (χ1n) is 7.41. The lowest BCUT2D eigenvalue weighted by atomic mass is 10.2. The number of thioether (sulfide) groups is 1. The predicted octanol–water partition coefficient (Wildman–Crippen LogP) is 0.509. The molecule has 0 atom stereocenters. The highest BCUT2D eigenvalue weighted by Crippen LogP contribution is 2.29. The molecule has 6 nitrogen and oxygen atoms in total. The number of aliphatic hydroxyl groups is 1. The highest BCUT2D eigenvalue weighted by molar-refractivity contribution is 7.99. The number of carbonyl (C=O) groups excluding carboxylic acids is 1. The Labute approximate surface area is 133 Å². The van der Waals surface area contributed by atoms with Crippen molar-refractivity contribution < 1.29 is 9.90 Å². The van der Waals surface area contributed by atoms with Gasteiger partial charge in [0.2, 0.25) is 5.91 Å². The number of nitrogens with zero attached hydrogens (tertiary/aromatic N) is 2. The van der Waals surface area contributed by atoms with Crippen LogP contribution in [0.5, 0.6) is 0 Å². The number of hydrogen-bond acceptors (Lipinski definition) is 5. The normalized spacial score (nSPS) is 13.0. The van der Waals surface area contributed by atoms with Crippen LogP contribution in [-0.2, 0) is 24.2 Å². The molecule has 0 saturated carbocycles. The number of nitrogens with one attached hydrogen (secondary N) is 1. The summed E-state index contributed by atoms with van der Waals surface area (Å²) in [6.45, 7) is 4.54. The predicted molar refractivity (Wildman–Crippen MR) is 86.2 cm³/mol. The van der Waals surface area contributed by atoms with Gasteiger partial charge in [-0.1, -0.05) is 17.8 Å². The Morgan fingerprint density at radius 3 is 3.05 bits per heavy atom. The molecule has 0 unspecified atom stereocenters. The first kappa shape index (κ1) is 16.8. The number of hydrogen-bond donors (Lipinski definition) is 2.